The molecule has 0 unspecified atom stereocenters. The highest BCUT2D eigenvalue weighted by Gasteiger charge is 2.22. The third-order valence-corrected chi connectivity index (χ3v) is 4.43. The molecule has 0 saturated heterocycles. The zero-order chi connectivity index (χ0) is 20.8. The molecular formula is C20H20ClF2N3O2. The number of carbonyl (C=O) groups is 1. The Hall–Kier alpha value is -2.69. The zero-order valence-electron chi connectivity index (χ0n) is 15.4. The van der Waals surface area contributed by atoms with Crippen LogP contribution < -0.4 is 15.8 Å². The maximum atomic E-state index is 15.1. The molecule has 8 heteroatoms. The van der Waals surface area contributed by atoms with E-state index in [-0.39, 0.29) is 34.5 Å². The van der Waals surface area contributed by atoms with Gasteiger partial charge in [0.15, 0.2) is 11.6 Å². The topological polar surface area (TPSA) is 88.1 Å². The largest absolute Gasteiger partial charge is 0.453 e. The number of nitriles is 1. The third kappa shape index (κ3) is 5.18. The van der Waals surface area contributed by atoms with Crippen molar-refractivity contribution in [3.63, 3.8) is 0 Å². The smallest absolute Gasteiger partial charge is 0.218 e. The summed E-state index contributed by atoms with van der Waals surface area (Å²) in [7, 11) is 0. The Morgan fingerprint density at radius 2 is 2.07 bits per heavy atom. The summed E-state index contributed by atoms with van der Waals surface area (Å²) in [6, 6.07) is 7.63. The van der Waals surface area contributed by atoms with E-state index in [9.17, 15) is 9.18 Å². The Balaban J connectivity index is 2.33. The van der Waals surface area contributed by atoms with Crippen LogP contribution in [0.15, 0.2) is 30.3 Å². The van der Waals surface area contributed by atoms with Crippen molar-refractivity contribution in [1.82, 2.24) is 5.32 Å². The Labute approximate surface area is 167 Å². The van der Waals surface area contributed by atoms with Crippen LogP contribution in [0.3, 0.4) is 0 Å². The molecule has 2 rings (SSSR count). The van der Waals surface area contributed by atoms with Gasteiger partial charge in [0.2, 0.25) is 5.91 Å². The summed E-state index contributed by atoms with van der Waals surface area (Å²) in [5, 5.41) is 12.0. The number of carbonyl (C=O) groups excluding carboxylic acids is 1. The van der Waals surface area contributed by atoms with E-state index in [1.807, 2.05) is 6.92 Å². The molecule has 0 fully saturated rings. The molecule has 0 saturated carbocycles. The second-order valence-corrected chi connectivity index (χ2v) is 6.74. The van der Waals surface area contributed by atoms with E-state index in [4.69, 9.17) is 27.3 Å². The van der Waals surface area contributed by atoms with Gasteiger partial charge in [0.05, 0.1) is 10.6 Å². The average Bonchev–Trinajstić information content (AvgIpc) is 2.63. The van der Waals surface area contributed by atoms with Gasteiger partial charge in [0.25, 0.3) is 0 Å². The van der Waals surface area contributed by atoms with E-state index in [0.29, 0.717) is 12.0 Å². The second kappa shape index (κ2) is 9.49. The summed E-state index contributed by atoms with van der Waals surface area (Å²) in [6.45, 7) is 3.64. The molecule has 0 bridgehead atoms. The highest BCUT2D eigenvalue weighted by molar-refractivity contribution is 6.32. The van der Waals surface area contributed by atoms with Gasteiger partial charge in [-0.2, -0.15) is 5.26 Å². The first-order valence-electron chi connectivity index (χ1n) is 8.66. The number of halogens is 3. The predicted octanol–water partition coefficient (Wildman–Crippen LogP) is 4.59. The zero-order valence-corrected chi connectivity index (χ0v) is 16.2. The maximum Gasteiger partial charge on any atom is 0.218 e. The van der Waals surface area contributed by atoms with Crippen molar-refractivity contribution < 1.29 is 18.3 Å². The van der Waals surface area contributed by atoms with Gasteiger partial charge in [0.1, 0.15) is 17.6 Å². The van der Waals surface area contributed by atoms with Crippen LogP contribution in [-0.2, 0) is 4.79 Å². The van der Waals surface area contributed by atoms with Gasteiger partial charge in [-0.25, -0.2) is 8.78 Å². The normalized spacial score (nSPS) is 12.9. The molecule has 2 atom stereocenters. The van der Waals surface area contributed by atoms with Gasteiger partial charge in [0, 0.05) is 30.1 Å². The molecule has 0 heterocycles. The number of hydrogen-bond acceptors (Lipinski definition) is 4. The molecule has 148 valence electrons. The minimum absolute atomic E-state index is 0.0116. The summed E-state index contributed by atoms with van der Waals surface area (Å²) < 4.78 is 34.4. The summed E-state index contributed by atoms with van der Waals surface area (Å²) in [4.78, 5) is 11.1. The van der Waals surface area contributed by atoms with Crippen molar-refractivity contribution in [3.8, 4) is 17.6 Å². The molecule has 5 nitrogen and oxygen atoms in total. The van der Waals surface area contributed by atoms with Crippen molar-refractivity contribution in [2.24, 2.45) is 5.73 Å². The number of rotatable bonds is 8. The van der Waals surface area contributed by atoms with Crippen LogP contribution in [0.25, 0.3) is 0 Å². The van der Waals surface area contributed by atoms with E-state index in [1.54, 1.807) is 13.0 Å². The number of nitrogens with one attached hydrogen (secondary N) is 1. The van der Waals surface area contributed by atoms with E-state index < -0.39 is 23.6 Å². The molecular weight excluding hydrogens is 388 g/mol. The van der Waals surface area contributed by atoms with E-state index >= 15 is 4.39 Å². The highest BCUT2D eigenvalue weighted by atomic mass is 35.5. The molecule has 0 aliphatic heterocycles. The summed E-state index contributed by atoms with van der Waals surface area (Å²) >= 11 is 6.08. The first kappa shape index (κ1) is 21.6. The Kier molecular flexibility index (Phi) is 7.32. The molecule has 2 aromatic rings. The minimum atomic E-state index is -0.777. The fraction of sp³-hybridized carbons (Fsp3) is 0.300. The lowest BCUT2D eigenvalue weighted by molar-refractivity contribution is -0.118. The van der Waals surface area contributed by atoms with Gasteiger partial charge >= 0.3 is 0 Å². The van der Waals surface area contributed by atoms with Gasteiger partial charge in [-0.1, -0.05) is 24.6 Å². The third-order valence-electron chi connectivity index (χ3n) is 4.14. The fourth-order valence-corrected chi connectivity index (χ4v) is 2.99. The van der Waals surface area contributed by atoms with Crippen molar-refractivity contribution in [2.45, 2.75) is 38.8 Å². The number of amides is 1. The van der Waals surface area contributed by atoms with Crippen LogP contribution in [0.1, 0.15) is 43.9 Å². The van der Waals surface area contributed by atoms with E-state index in [1.165, 1.54) is 24.3 Å². The Morgan fingerprint density at radius 1 is 1.36 bits per heavy atom. The lowest BCUT2D eigenvalue weighted by Gasteiger charge is -2.23. The predicted molar refractivity (Wildman–Crippen MR) is 102 cm³/mol. The van der Waals surface area contributed by atoms with Crippen LogP contribution in [0.2, 0.25) is 5.02 Å². The fourth-order valence-electron chi connectivity index (χ4n) is 2.81. The molecule has 0 aromatic heterocycles. The van der Waals surface area contributed by atoms with Crippen molar-refractivity contribution in [2.75, 3.05) is 0 Å². The molecule has 0 spiro atoms. The monoisotopic (exact) mass is 407 g/mol. The van der Waals surface area contributed by atoms with Crippen LogP contribution in [0, 0.1) is 23.0 Å². The van der Waals surface area contributed by atoms with Crippen LogP contribution >= 0.6 is 11.6 Å². The van der Waals surface area contributed by atoms with Gasteiger partial charge < -0.3 is 15.8 Å². The Morgan fingerprint density at radius 3 is 2.64 bits per heavy atom. The number of nitrogens with two attached hydrogens (primary N) is 1. The first-order valence-corrected chi connectivity index (χ1v) is 9.04. The van der Waals surface area contributed by atoms with Crippen molar-refractivity contribution in [1.29, 1.82) is 5.26 Å². The van der Waals surface area contributed by atoms with Crippen molar-refractivity contribution >= 4 is 17.5 Å². The maximum absolute atomic E-state index is 15.1. The van der Waals surface area contributed by atoms with Gasteiger partial charge in [-0.05, 0) is 31.5 Å². The number of primary amides is 1. The molecule has 3 N–H and O–H groups in total. The quantitative estimate of drug-likeness (QED) is 0.670. The lowest BCUT2D eigenvalue weighted by Crippen LogP contribution is -2.34. The first-order chi connectivity index (χ1) is 13.3. The van der Waals surface area contributed by atoms with E-state index in [2.05, 4.69) is 5.32 Å². The summed E-state index contributed by atoms with van der Waals surface area (Å²) in [5.74, 6) is -2.16. The minimum Gasteiger partial charge on any atom is -0.453 e. The Bertz CT molecular complexity index is 915. The molecule has 28 heavy (non-hydrogen) atoms. The van der Waals surface area contributed by atoms with Crippen LogP contribution in [0.4, 0.5) is 8.78 Å². The number of hydrogen-bond donors (Lipinski definition) is 2. The van der Waals surface area contributed by atoms with Gasteiger partial charge in [-0.15, -0.1) is 0 Å². The van der Waals surface area contributed by atoms with Gasteiger partial charge in [-0.3, -0.25) is 4.79 Å². The second-order valence-electron chi connectivity index (χ2n) is 6.33. The lowest BCUT2D eigenvalue weighted by atomic mass is 10.0. The number of nitrogens with zero attached hydrogens (tertiary/aromatic N) is 1. The summed E-state index contributed by atoms with van der Waals surface area (Å²) in [6.07, 6.45) is 0.645. The van der Waals surface area contributed by atoms with E-state index in [0.717, 1.165) is 6.07 Å². The molecule has 0 radical (unpaired) electrons. The molecule has 2 aromatic carbocycles. The highest BCUT2D eigenvalue weighted by Crippen LogP contribution is 2.37. The number of benzene rings is 2. The standard InChI is InChI=1S/C20H20ClF2N3O2/c1-3-17(26-11(2)8-18(25)27)14-6-7-15(21)20(19(14)23)28-13-5-4-12(10-24)16(22)9-13/h4-7,9,11,17,26H,3,8H2,1-2H3,(H2,25,27)/t11-,17+/m0/s1. The molecule has 0 aliphatic carbocycles. The van der Waals surface area contributed by atoms with Crippen molar-refractivity contribution in [3.05, 3.63) is 58.1 Å². The van der Waals surface area contributed by atoms with Crippen LogP contribution in [0.5, 0.6) is 11.5 Å². The average molecular weight is 408 g/mol. The SMILES string of the molecule is CC[C@@H](N[C@@H](C)CC(N)=O)c1ccc(Cl)c(Oc2ccc(C#N)c(F)c2)c1F. The molecule has 1 amide bonds. The van der Waals surface area contributed by atoms with Crippen LogP contribution in [-0.4, -0.2) is 11.9 Å². The summed E-state index contributed by atoms with van der Waals surface area (Å²) in [5.41, 5.74) is 5.35. The molecule has 0 aliphatic rings. The number of ether oxygens (including phenoxy) is 1.